The summed E-state index contributed by atoms with van der Waals surface area (Å²) in [5.74, 6) is -0.255. The Morgan fingerprint density at radius 3 is 3.00 bits per heavy atom. The minimum Gasteiger partial charge on any atom is -0.391 e. The number of rotatable bonds is 1. The highest BCUT2D eigenvalue weighted by molar-refractivity contribution is 5.92. The van der Waals surface area contributed by atoms with Crippen molar-refractivity contribution in [3.63, 3.8) is 0 Å². The Morgan fingerprint density at radius 2 is 2.38 bits per heavy atom. The molecule has 0 aromatic carbocycles. The summed E-state index contributed by atoms with van der Waals surface area (Å²) < 4.78 is 0. The third kappa shape index (κ3) is 2.27. The first-order valence-electron chi connectivity index (χ1n) is 5.20. The van der Waals surface area contributed by atoms with Gasteiger partial charge in [-0.25, -0.2) is 5.10 Å². The van der Waals surface area contributed by atoms with E-state index in [1.807, 2.05) is 0 Å². The molecule has 2 N–H and O–H groups in total. The molecule has 1 fully saturated rings. The van der Waals surface area contributed by atoms with Crippen molar-refractivity contribution in [2.24, 2.45) is 0 Å². The fourth-order valence-electron chi connectivity index (χ4n) is 1.76. The Balaban J connectivity index is 2.12. The van der Waals surface area contributed by atoms with Crippen molar-refractivity contribution in [2.45, 2.75) is 18.9 Å². The zero-order valence-electron chi connectivity index (χ0n) is 8.72. The first-order chi connectivity index (χ1) is 7.66. The number of hydrogen-bond donors (Lipinski definition) is 2. The van der Waals surface area contributed by atoms with E-state index < -0.39 is 6.10 Å². The third-order valence-electron chi connectivity index (χ3n) is 2.58. The van der Waals surface area contributed by atoms with Crippen molar-refractivity contribution in [1.29, 1.82) is 0 Å². The second kappa shape index (κ2) is 4.44. The molecule has 1 aliphatic rings. The summed E-state index contributed by atoms with van der Waals surface area (Å²) in [6.45, 7) is 0.955. The van der Waals surface area contributed by atoms with Crippen LogP contribution in [0.2, 0.25) is 0 Å². The molecule has 1 aromatic heterocycles. The molecule has 1 aliphatic heterocycles. The van der Waals surface area contributed by atoms with Crippen LogP contribution in [0.1, 0.15) is 23.3 Å². The average molecular weight is 223 g/mol. The molecule has 0 spiro atoms. The number of nitrogens with zero attached hydrogens (tertiary/aromatic N) is 2. The quantitative estimate of drug-likeness (QED) is 0.663. The maximum atomic E-state index is 11.9. The minimum absolute atomic E-state index is 0.203. The molecule has 0 bridgehead atoms. The van der Waals surface area contributed by atoms with Gasteiger partial charge in [-0.05, 0) is 18.9 Å². The fourth-order valence-corrected chi connectivity index (χ4v) is 1.76. The second-order valence-corrected chi connectivity index (χ2v) is 3.85. The van der Waals surface area contributed by atoms with E-state index in [0.717, 1.165) is 12.8 Å². The number of amides is 1. The van der Waals surface area contributed by atoms with Gasteiger partial charge in [0.05, 0.1) is 6.10 Å². The number of β-amino-alcohol motifs (C(OH)–C–C–N with tert-alkyl or cyclic N) is 1. The summed E-state index contributed by atoms with van der Waals surface area (Å²) in [4.78, 5) is 24.2. The van der Waals surface area contributed by atoms with Crippen LogP contribution in [0.3, 0.4) is 0 Å². The lowest BCUT2D eigenvalue weighted by atomic mass is 10.1. The molecule has 0 saturated carbocycles. The summed E-state index contributed by atoms with van der Waals surface area (Å²) in [5, 5.41) is 15.3. The number of carbonyl (C=O) groups is 1. The predicted octanol–water partition coefficient (Wildman–Crippen LogP) is -0.633. The highest BCUT2D eigenvalue weighted by Gasteiger charge is 2.23. The Hall–Kier alpha value is -1.69. The van der Waals surface area contributed by atoms with Crippen LogP contribution in [-0.4, -0.2) is 45.3 Å². The van der Waals surface area contributed by atoms with Gasteiger partial charge in [0.1, 0.15) is 5.69 Å². The molecule has 1 saturated heterocycles. The molecule has 1 amide bonds. The number of aromatic amines is 1. The predicted molar refractivity (Wildman–Crippen MR) is 56.0 cm³/mol. The van der Waals surface area contributed by atoms with Crippen molar-refractivity contribution in [1.82, 2.24) is 15.1 Å². The van der Waals surface area contributed by atoms with Crippen LogP contribution in [0.15, 0.2) is 16.9 Å². The standard InChI is InChI=1S/C10H13N3O3/c14-7-2-1-5-13(6-7)10(16)8-3-4-9(15)12-11-8/h3-4,7,14H,1-2,5-6H2,(H,12,15). The van der Waals surface area contributed by atoms with E-state index in [1.165, 1.54) is 12.1 Å². The number of hydrogen-bond acceptors (Lipinski definition) is 4. The van der Waals surface area contributed by atoms with Gasteiger partial charge in [-0.1, -0.05) is 0 Å². The Labute approximate surface area is 91.9 Å². The van der Waals surface area contributed by atoms with Crippen LogP contribution >= 0.6 is 0 Å². The number of likely N-dealkylation sites (tertiary alicyclic amines) is 1. The normalized spacial score (nSPS) is 20.8. The zero-order chi connectivity index (χ0) is 11.5. The number of aliphatic hydroxyl groups excluding tert-OH is 1. The van der Waals surface area contributed by atoms with Gasteiger partial charge in [0.15, 0.2) is 0 Å². The Kier molecular flexibility index (Phi) is 3.00. The van der Waals surface area contributed by atoms with Crippen molar-refractivity contribution in [3.05, 3.63) is 28.2 Å². The first-order valence-corrected chi connectivity index (χ1v) is 5.20. The molecule has 1 unspecified atom stereocenters. The van der Waals surface area contributed by atoms with Gasteiger partial charge < -0.3 is 10.0 Å². The van der Waals surface area contributed by atoms with E-state index in [1.54, 1.807) is 4.90 Å². The topological polar surface area (TPSA) is 86.3 Å². The summed E-state index contributed by atoms with van der Waals surface area (Å²) in [5.41, 5.74) is -0.135. The molecule has 6 nitrogen and oxygen atoms in total. The van der Waals surface area contributed by atoms with Crippen LogP contribution in [0, 0.1) is 0 Å². The lowest BCUT2D eigenvalue weighted by Crippen LogP contribution is -2.42. The molecule has 2 rings (SSSR count). The average Bonchev–Trinajstić information content (AvgIpc) is 2.29. The maximum absolute atomic E-state index is 11.9. The second-order valence-electron chi connectivity index (χ2n) is 3.85. The lowest BCUT2D eigenvalue weighted by Gasteiger charge is -2.29. The first kappa shape index (κ1) is 10.8. The van der Waals surface area contributed by atoms with Gasteiger partial charge in [0.2, 0.25) is 0 Å². The largest absolute Gasteiger partial charge is 0.391 e. The molecule has 16 heavy (non-hydrogen) atoms. The molecular formula is C10H13N3O3. The van der Waals surface area contributed by atoms with Crippen LogP contribution in [0.5, 0.6) is 0 Å². The Bertz CT molecular complexity index is 423. The van der Waals surface area contributed by atoms with Crippen LogP contribution < -0.4 is 5.56 Å². The summed E-state index contributed by atoms with van der Waals surface area (Å²) in [6.07, 6.45) is 1.06. The van der Waals surface area contributed by atoms with E-state index in [9.17, 15) is 14.7 Å². The minimum atomic E-state index is -0.458. The van der Waals surface area contributed by atoms with Crippen LogP contribution in [0.25, 0.3) is 0 Å². The molecule has 6 heteroatoms. The number of carbonyl (C=O) groups excluding carboxylic acids is 1. The maximum Gasteiger partial charge on any atom is 0.274 e. The lowest BCUT2D eigenvalue weighted by molar-refractivity contribution is 0.0468. The molecule has 2 heterocycles. The molecule has 0 radical (unpaired) electrons. The van der Waals surface area contributed by atoms with Gasteiger partial charge >= 0.3 is 0 Å². The van der Waals surface area contributed by atoms with E-state index in [2.05, 4.69) is 10.2 Å². The van der Waals surface area contributed by atoms with Crippen LogP contribution in [-0.2, 0) is 0 Å². The van der Waals surface area contributed by atoms with Gasteiger partial charge in [-0.2, -0.15) is 5.10 Å². The number of H-pyrrole nitrogens is 1. The third-order valence-corrected chi connectivity index (χ3v) is 2.58. The fraction of sp³-hybridized carbons (Fsp3) is 0.500. The van der Waals surface area contributed by atoms with E-state index in [-0.39, 0.29) is 17.2 Å². The molecule has 86 valence electrons. The van der Waals surface area contributed by atoms with E-state index >= 15 is 0 Å². The van der Waals surface area contributed by atoms with Crippen molar-refractivity contribution < 1.29 is 9.90 Å². The van der Waals surface area contributed by atoms with Crippen molar-refractivity contribution in [2.75, 3.05) is 13.1 Å². The molecule has 0 aliphatic carbocycles. The van der Waals surface area contributed by atoms with Crippen molar-refractivity contribution >= 4 is 5.91 Å². The van der Waals surface area contributed by atoms with Crippen molar-refractivity contribution in [3.8, 4) is 0 Å². The Morgan fingerprint density at radius 1 is 1.56 bits per heavy atom. The van der Waals surface area contributed by atoms with Gasteiger partial charge in [-0.15, -0.1) is 0 Å². The van der Waals surface area contributed by atoms with Gasteiger partial charge in [-0.3, -0.25) is 9.59 Å². The zero-order valence-corrected chi connectivity index (χ0v) is 8.72. The van der Waals surface area contributed by atoms with E-state index in [0.29, 0.717) is 13.1 Å². The highest BCUT2D eigenvalue weighted by atomic mass is 16.3. The number of nitrogens with one attached hydrogen (secondary N) is 1. The highest BCUT2D eigenvalue weighted by Crippen LogP contribution is 2.11. The molecule has 1 atom stereocenters. The van der Waals surface area contributed by atoms with E-state index in [4.69, 9.17) is 0 Å². The molecular weight excluding hydrogens is 210 g/mol. The SMILES string of the molecule is O=C(c1ccc(=O)[nH]n1)N1CCCC(O)C1. The number of piperidine rings is 1. The van der Waals surface area contributed by atoms with Crippen LogP contribution in [0.4, 0.5) is 0 Å². The van der Waals surface area contributed by atoms with Gasteiger partial charge in [0.25, 0.3) is 11.5 Å². The monoisotopic (exact) mass is 223 g/mol. The number of aliphatic hydroxyl groups is 1. The number of aromatic nitrogens is 2. The molecule has 1 aromatic rings. The summed E-state index contributed by atoms with van der Waals surface area (Å²) in [7, 11) is 0. The van der Waals surface area contributed by atoms with Gasteiger partial charge in [0, 0.05) is 19.2 Å². The smallest absolute Gasteiger partial charge is 0.274 e. The summed E-state index contributed by atoms with van der Waals surface area (Å²) in [6, 6.07) is 2.66. The summed E-state index contributed by atoms with van der Waals surface area (Å²) >= 11 is 0.